The maximum absolute atomic E-state index is 8.85. The van der Waals surface area contributed by atoms with Gasteiger partial charge in [-0.3, -0.25) is 0 Å². The van der Waals surface area contributed by atoms with Crippen LogP contribution in [0.1, 0.15) is 5.56 Å². The molecule has 2 heteroatoms. The van der Waals surface area contributed by atoms with E-state index in [1.54, 1.807) is 30.3 Å². The largest absolute Gasteiger partial charge is 0.508 e. The quantitative estimate of drug-likeness (QED) is 0.623. The second-order valence-electron chi connectivity index (χ2n) is 1.92. The Morgan fingerprint density at radius 2 is 1.80 bits per heavy atom. The molecule has 10 heavy (non-hydrogen) atoms. The second-order valence-corrected chi connectivity index (χ2v) is 1.92. The molecule has 0 aromatic heterocycles. The Morgan fingerprint density at radius 3 is 2.30 bits per heavy atom. The molecule has 2 nitrogen and oxygen atoms in total. The molecule has 0 amide bonds. The number of phenols is 1. The molecule has 0 saturated carbocycles. The lowest BCUT2D eigenvalue weighted by Gasteiger charge is -1.91. The van der Waals surface area contributed by atoms with Crippen LogP contribution in [0.15, 0.2) is 30.5 Å². The van der Waals surface area contributed by atoms with Gasteiger partial charge in [0.2, 0.25) is 0 Å². The van der Waals surface area contributed by atoms with Crippen molar-refractivity contribution in [3.63, 3.8) is 0 Å². The van der Waals surface area contributed by atoms with Crippen LogP contribution in [0.4, 0.5) is 0 Å². The number of benzene rings is 1. The van der Waals surface area contributed by atoms with Crippen LogP contribution < -0.4 is 5.73 Å². The molecule has 0 atom stereocenters. The van der Waals surface area contributed by atoms with Crippen LogP contribution in [0.2, 0.25) is 0 Å². The van der Waals surface area contributed by atoms with E-state index in [2.05, 4.69) is 0 Å². The molecule has 0 aliphatic heterocycles. The van der Waals surface area contributed by atoms with Crippen LogP contribution >= 0.6 is 0 Å². The van der Waals surface area contributed by atoms with Crippen molar-refractivity contribution in [2.75, 3.05) is 0 Å². The predicted octanol–water partition coefficient (Wildman–Crippen LogP) is 1.65. The molecule has 1 radical (unpaired) electrons. The SMILES string of the molecule is [NH]C=Cc1ccc(O)cc1. The van der Waals surface area contributed by atoms with Gasteiger partial charge in [-0.25, -0.2) is 0 Å². The number of nitrogens with one attached hydrogen (secondary N) is 1. The summed E-state index contributed by atoms with van der Waals surface area (Å²) in [5.41, 5.74) is 7.67. The minimum atomic E-state index is 0.252. The summed E-state index contributed by atoms with van der Waals surface area (Å²) in [6.07, 6.45) is 2.87. The second kappa shape index (κ2) is 2.92. The third-order valence-corrected chi connectivity index (χ3v) is 1.17. The highest BCUT2D eigenvalue weighted by Crippen LogP contribution is 2.09. The van der Waals surface area contributed by atoms with Gasteiger partial charge in [-0.2, -0.15) is 0 Å². The Morgan fingerprint density at radius 1 is 1.20 bits per heavy atom. The summed E-state index contributed by atoms with van der Waals surface area (Å²) in [7, 11) is 0. The smallest absolute Gasteiger partial charge is 0.115 e. The van der Waals surface area contributed by atoms with E-state index in [4.69, 9.17) is 10.8 Å². The number of aromatic hydroxyl groups is 1. The zero-order valence-corrected chi connectivity index (χ0v) is 5.41. The predicted molar refractivity (Wildman–Crippen MR) is 40.2 cm³/mol. The van der Waals surface area contributed by atoms with E-state index in [1.807, 2.05) is 0 Å². The van der Waals surface area contributed by atoms with Crippen molar-refractivity contribution in [1.82, 2.24) is 5.73 Å². The summed E-state index contributed by atoms with van der Waals surface area (Å²) in [6, 6.07) is 6.69. The van der Waals surface area contributed by atoms with E-state index in [-0.39, 0.29) is 5.75 Å². The van der Waals surface area contributed by atoms with Gasteiger partial charge >= 0.3 is 0 Å². The van der Waals surface area contributed by atoms with Gasteiger partial charge in [-0.1, -0.05) is 12.1 Å². The van der Waals surface area contributed by atoms with Crippen LogP contribution in [-0.2, 0) is 0 Å². The van der Waals surface area contributed by atoms with Gasteiger partial charge in [-0.05, 0) is 23.8 Å². The van der Waals surface area contributed by atoms with Crippen molar-refractivity contribution >= 4 is 6.08 Å². The first kappa shape index (κ1) is 6.68. The van der Waals surface area contributed by atoms with Gasteiger partial charge in [0.05, 0.1) is 0 Å². The average molecular weight is 134 g/mol. The fraction of sp³-hybridized carbons (Fsp3) is 0. The van der Waals surface area contributed by atoms with Gasteiger partial charge < -0.3 is 10.8 Å². The van der Waals surface area contributed by atoms with E-state index in [0.29, 0.717) is 0 Å². The maximum Gasteiger partial charge on any atom is 0.115 e. The first-order valence-electron chi connectivity index (χ1n) is 2.96. The van der Waals surface area contributed by atoms with Crippen LogP contribution in [0.3, 0.4) is 0 Å². The lowest BCUT2D eigenvalue weighted by Crippen LogP contribution is -1.69. The van der Waals surface area contributed by atoms with Crippen molar-refractivity contribution in [1.29, 1.82) is 0 Å². The lowest BCUT2D eigenvalue weighted by atomic mass is 10.2. The van der Waals surface area contributed by atoms with Crippen LogP contribution in [-0.4, -0.2) is 5.11 Å². The molecule has 2 N–H and O–H groups in total. The van der Waals surface area contributed by atoms with Gasteiger partial charge in [0.1, 0.15) is 5.75 Å². The number of rotatable bonds is 1. The molecular formula is C8H8NO. The summed E-state index contributed by atoms with van der Waals surface area (Å²) in [4.78, 5) is 0. The van der Waals surface area contributed by atoms with E-state index in [9.17, 15) is 0 Å². The zero-order chi connectivity index (χ0) is 7.40. The third kappa shape index (κ3) is 1.52. The van der Waals surface area contributed by atoms with Crippen LogP contribution in [0, 0.1) is 0 Å². The molecule has 0 heterocycles. The Balaban J connectivity index is 2.89. The molecule has 0 spiro atoms. The minimum absolute atomic E-state index is 0.252. The van der Waals surface area contributed by atoms with E-state index in [1.165, 1.54) is 6.20 Å². The van der Waals surface area contributed by atoms with E-state index < -0.39 is 0 Å². The Bertz CT molecular complexity index is 226. The Kier molecular flexibility index (Phi) is 1.95. The normalized spacial score (nSPS) is 10.4. The van der Waals surface area contributed by atoms with Gasteiger partial charge in [-0.15, -0.1) is 0 Å². The Labute approximate surface area is 59.6 Å². The molecule has 51 valence electrons. The summed E-state index contributed by atoms with van der Waals surface area (Å²) in [5.74, 6) is 0.252. The molecule has 0 saturated heterocycles. The fourth-order valence-corrected chi connectivity index (χ4v) is 0.682. The first-order valence-corrected chi connectivity index (χ1v) is 2.96. The topological polar surface area (TPSA) is 44.0 Å². The van der Waals surface area contributed by atoms with Crippen molar-refractivity contribution in [3.8, 4) is 5.75 Å². The van der Waals surface area contributed by atoms with E-state index >= 15 is 0 Å². The van der Waals surface area contributed by atoms with Crippen molar-refractivity contribution in [3.05, 3.63) is 36.0 Å². The minimum Gasteiger partial charge on any atom is -0.508 e. The standard InChI is InChI=1S/C8H8NO/c9-6-5-7-1-3-8(10)4-2-7/h1-6,9-10H. The monoisotopic (exact) mass is 134 g/mol. The molecular weight excluding hydrogens is 126 g/mol. The third-order valence-electron chi connectivity index (χ3n) is 1.17. The zero-order valence-electron chi connectivity index (χ0n) is 5.41. The molecule has 0 unspecified atom stereocenters. The highest BCUT2D eigenvalue weighted by atomic mass is 16.3. The lowest BCUT2D eigenvalue weighted by molar-refractivity contribution is 0.475. The Hall–Kier alpha value is -1.44. The summed E-state index contributed by atoms with van der Waals surface area (Å²) in [6.45, 7) is 0. The van der Waals surface area contributed by atoms with Gasteiger partial charge in [0.15, 0.2) is 0 Å². The molecule has 1 aromatic rings. The average Bonchev–Trinajstić information content (AvgIpc) is 1.95. The summed E-state index contributed by atoms with van der Waals surface area (Å²) >= 11 is 0. The molecule has 0 aliphatic rings. The van der Waals surface area contributed by atoms with Crippen molar-refractivity contribution in [2.45, 2.75) is 0 Å². The van der Waals surface area contributed by atoms with Gasteiger partial charge in [0, 0.05) is 6.20 Å². The number of hydrogen-bond donors (Lipinski definition) is 1. The molecule has 0 bridgehead atoms. The fourth-order valence-electron chi connectivity index (χ4n) is 0.682. The molecule has 1 aromatic carbocycles. The number of hydrogen-bond acceptors (Lipinski definition) is 1. The summed E-state index contributed by atoms with van der Waals surface area (Å²) in [5, 5.41) is 8.85. The molecule has 0 aliphatic carbocycles. The maximum atomic E-state index is 8.85. The van der Waals surface area contributed by atoms with Gasteiger partial charge in [0.25, 0.3) is 0 Å². The van der Waals surface area contributed by atoms with Crippen molar-refractivity contribution < 1.29 is 5.11 Å². The molecule has 0 fully saturated rings. The number of phenolic OH excluding ortho intramolecular Hbond substituents is 1. The van der Waals surface area contributed by atoms with E-state index in [0.717, 1.165) is 5.56 Å². The summed E-state index contributed by atoms with van der Waals surface area (Å²) < 4.78 is 0. The first-order chi connectivity index (χ1) is 4.83. The highest BCUT2D eigenvalue weighted by molar-refractivity contribution is 5.49. The van der Waals surface area contributed by atoms with Crippen LogP contribution in [0.5, 0.6) is 5.75 Å². The molecule has 1 rings (SSSR count). The van der Waals surface area contributed by atoms with Crippen molar-refractivity contribution in [2.24, 2.45) is 0 Å². The van der Waals surface area contributed by atoms with Crippen LogP contribution in [0.25, 0.3) is 6.08 Å². The highest BCUT2D eigenvalue weighted by Gasteiger charge is 1.85.